The number of halogens is 3. The molecule has 0 atom stereocenters. The Hall–Kier alpha value is -2.93. The lowest BCUT2D eigenvalue weighted by Crippen LogP contribution is -2.40. The first kappa shape index (κ1) is 29.3. The first-order chi connectivity index (χ1) is 16.7. The first-order valence-electron chi connectivity index (χ1n) is 10.9. The van der Waals surface area contributed by atoms with Crippen LogP contribution in [0.2, 0.25) is 0 Å². The zero-order valence-corrected chi connectivity index (χ0v) is 21.9. The molecule has 2 amide bonds. The summed E-state index contributed by atoms with van der Waals surface area (Å²) < 4.78 is 65.3. The van der Waals surface area contributed by atoms with Crippen LogP contribution in [0.15, 0.2) is 41.3 Å². The van der Waals surface area contributed by atoms with Gasteiger partial charge in [-0.25, -0.2) is 8.42 Å². The SMILES string of the molecule is Cc1cc(C)c(S(=O)(=O)Nc2ccc(NNC(=O)C(F)(F)F)cc2)cc1NC(=O)CSCCC(C)C. The van der Waals surface area contributed by atoms with Gasteiger partial charge >= 0.3 is 12.1 Å². The van der Waals surface area contributed by atoms with Crippen LogP contribution in [0.5, 0.6) is 0 Å². The summed E-state index contributed by atoms with van der Waals surface area (Å²) in [7, 11) is -4.05. The number of nitrogens with one attached hydrogen (secondary N) is 4. The molecule has 198 valence electrons. The maximum atomic E-state index is 13.0. The Morgan fingerprint density at radius 1 is 1.00 bits per heavy atom. The predicted molar refractivity (Wildman–Crippen MR) is 136 cm³/mol. The molecule has 0 aliphatic heterocycles. The first-order valence-corrected chi connectivity index (χ1v) is 13.6. The summed E-state index contributed by atoms with van der Waals surface area (Å²) in [5.41, 5.74) is 5.42. The van der Waals surface area contributed by atoms with E-state index in [1.807, 2.05) is 0 Å². The van der Waals surface area contributed by atoms with Gasteiger partial charge in [0.2, 0.25) is 5.91 Å². The van der Waals surface area contributed by atoms with E-state index in [0.717, 1.165) is 12.2 Å². The molecule has 13 heteroatoms. The molecule has 4 N–H and O–H groups in total. The highest BCUT2D eigenvalue weighted by Gasteiger charge is 2.38. The van der Waals surface area contributed by atoms with E-state index in [1.54, 1.807) is 19.9 Å². The number of anilines is 3. The van der Waals surface area contributed by atoms with E-state index in [1.165, 1.54) is 47.5 Å². The van der Waals surface area contributed by atoms with Crippen molar-refractivity contribution in [3.8, 4) is 0 Å². The van der Waals surface area contributed by atoms with Gasteiger partial charge < -0.3 is 5.32 Å². The number of amides is 2. The molecular weight excluding hydrogens is 517 g/mol. The molecule has 0 aliphatic carbocycles. The Morgan fingerprint density at radius 2 is 1.61 bits per heavy atom. The largest absolute Gasteiger partial charge is 0.472 e. The third-order valence-corrected chi connectivity index (χ3v) is 7.39. The van der Waals surface area contributed by atoms with Crippen molar-refractivity contribution in [3.63, 3.8) is 0 Å². The smallest absolute Gasteiger partial charge is 0.325 e. The average molecular weight is 547 g/mol. The van der Waals surface area contributed by atoms with Crippen molar-refractivity contribution in [2.45, 2.75) is 45.2 Å². The quantitative estimate of drug-likeness (QED) is 0.237. The number of sulfonamides is 1. The molecule has 0 aliphatic rings. The third kappa shape index (κ3) is 8.94. The Bertz CT molecular complexity index is 1190. The van der Waals surface area contributed by atoms with Crippen molar-refractivity contribution in [2.24, 2.45) is 5.92 Å². The molecule has 2 rings (SSSR count). The third-order valence-electron chi connectivity index (χ3n) is 4.87. The molecule has 0 aromatic heterocycles. The van der Waals surface area contributed by atoms with E-state index in [9.17, 15) is 31.2 Å². The molecular formula is C23H29F3N4O4S2. The highest BCUT2D eigenvalue weighted by atomic mass is 32.2. The van der Waals surface area contributed by atoms with Crippen LogP contribution in [0.3, 0.4) is 0 Å². The zero-order valence-electron chi connectivity index (χ0n) is 20.2. The highest BCUT2D eigenvalue weighted by Crippen LogP contribution is 2.27. The summed E-state index contributed by atoms with van der Waals surface area (Å²) in [6, 6.07) is 8.28. The Kier molecular flexibility index (Phi) is 10.1. The van der Waals surface area contributed by atoms with Crippen LogP contribution in [0.4, 0.5) is 30.2 Å². The van der Waals surface area contributed by atoms with E-state index in [4.69, 9.17) is 0 Å². The fourth-order valence-corrected chi connectivity index (χ4v) is 5.31. The van der Waals surface area contributed by atoms with Crippen molar-refractivity contribution in [3.05, 3.63) is 47.5 Å². The number of hydrogen-bond acceptors (Lipinski definition) is 6. The van der Waals surface area contributed by atoms with Gasteiger partial charge in [0.25, 0.3) is 10.0 Å². The maximum absolute atomic E-state index is 13.0. The zero-order chi connectivity index (χ0) is 27.1. The van der Waals surface area contributed by atoms with Crippen LogP contribution < -0.4 is 20.9 Å². The summed E-state index contributed by atoms with van der Waals surface area (Å²) >= 11 is 1.51. The van der Waals surface area contributed by atoms with Crippen molar-refractivity contribution >= 4 is 50.7 Å². The van der Waals surface area contributed by atoms with Crippen LogP contribution in [-0.4, -0.2) is 37.9 Å². The van der Waals surface area contributed by atoms with E-state index in [2.05, 4.69) is 29.3 Å². The number of aryl methyl sites for hydroxylation is 2. The molecule has 0 fully saturated rings. The van der Waals surface area contributed by atoms with Gasteiger partial charge in [-0.05, 0) is 73.4 Å². The molecule has 0 saturated carbocycles. The molecule has 0 heterocycles. The molecule has 0 saturated heterocycles. The van der Waals surface area contributed by atoms with Gasteiger partial charge in [0.05, 0.1) is 16.3 Å². The van der Waals surface area contributed by atoms with Crippen molar-refractivity contribution in [1.29, 1.82) is 0 Å². The molecule has 0 radical (unpaired) electrons. The van der Waals surface area contributed by atoms with E-state index in [0.29, 0.717) is 22.7 Å². The summed E-state index contributed by atoms with van der Waals surface area (Å²) in [5.74, 6) is -0.746. The van der Waals surface area contributed by atoms with Gasteiger partial charge in [-0.15, -0.1) is 0 Å². The van der Waals surface area contributed by atoms with Crippen LogP contribution in [0.25, 0.3) is 0 Å². The molecule has 0 bridgehead atoms. The van der Waals surface area contributed by atoms with E-state index < -0.39 is 22.1 Å². The van der Waals surface area contributed by atoms with E-state index in [-0.39, 0.29) is 27.9 Å². The Morgan fingerprint density at radius 3 is 2.19 bits per heavy atom. The molecule has 36 heavy (non-hydrogen) atoms. The number of carbonyl (C=O) groups excluding carboxylic acids is 2. The van der Waals surface area contributed by atoms with Crippen molar-refractivity contribution in [1.82, 2.24) is 5.43 Å². The van der Waals surface area contributed by atoms with Crippen LogP contribution >= 0.6 is 11.8 Å². The second-order valence-electron chi connectivity index (χ2n) is 8.48. The maximum Gasteiger partial charge on any atom is 0.472 e. The summed E-state index contributed by atoms with van der Waals surface area (Å²) in [4.78, 5) is 23.2. The van der Waals surface area contributed by atoms with Gasteiger partial charge in [-0.1, -0.05) is 19.9 Å². The number of benzene rings is 2. The minimum Gasteiger partial charge on any atom is -0.325 e. The lowest BCUT2D eigenvalue weighted by atomic mass is 10.1. The Balaban J connectivity index is 2.09. The molecule has 0 spiro atoms. The summed E-state index contributed by atoms with van der Waals surface area (Å²) in [5, 5.41) is 2.77. The van der Waals surface area contributed by atoms with Crippen LogP contribution in [0.1, 0.15) is 31.4 Å². The van der Waals surface area contributed by atoms with Crippen molar-refractivity contribution < 1.29 is 31.2 Å². The average Bonchev–Trinajstić information content (AvgIpc) is 2.76. The van der Waals surface area contributed by atoms with Crippen LogP contribution in [0, 0.1) is 19.8 Å². The summed E-state index contributed by atoms with van der Waals surface area (Å²) in [6.07, 6.45) is -4.05. The monoisotopic (exact) mass is 546 g/mol. The van der Waals surface area contributed by atoms with Crippen LogP contribution in [-0.2, 0) is 19.6 Å². The molecule has 0 unspecified atom stereocenters. The number of carbonyl (C=O) groups is 2. The van der Waals surface area contributed by atoms with Crippen molar-refractivity contribution in [2.75, 3.05) is 27.0 Å². The van der Waals surface area contributed by atoms with Gasteiger partial charge in [0, 0.05) is 11.4 Å². The Labute approximate surface area is 212 Å². The number of hydrazine groups is 1. The van der Waals surface area contributed by atoms with Gasteiger partial charge in [0.15, 0.2) is 0 Å². The molecule has 2 aromatic rings. The van der Waals surface area contributed by atoms with Gasteiger partial charge in [0.1, 0.15) is 0 Å². The number of alkyl halides is 3. The fourth-order valence-electron chi connectivity index (χ4n) is 2.96. The molecule has 2 aromatic carbocycles. The van der Waals surface area contributed by atoms with E-state index >= 15 is 0 Å². The highest BCUT2D eigenvalue weighted by molar-refractivity contribution is 7.99. The minimum atomic E-state index is -5.04. The minimum absolute atomic E-state index is 0.0319. The number of hydrogen-bond donors (Lipinski definition) is 4. The van der Waals surface area contributed by atoms with Gasteiger partial charge in [-0.2, -0.15) is 24.9 Å². The number of thioether (sulfide) groups is 1. The van der Waals surface area contributed by atoms with Gasteiger partial charge in [-0.3, -0.25) is 25.2 Å². The standard InChI is InChI=1S/C23H29F3N4O4S2/c1-14(2)9-10-35-13-21(31)27-19-12-20(16(4)11-15(19)3)36(33,34)30-18-7-5-17(6-8-18)28-29-22(32)23(24,25)26/h5-8,11-12,14,28,30H,9-10,13H2,1-4H3,(H,27,31)(H,29,32). The molecule has 8 nitrogen and oxygen atoms in total. The normalized spacial score (nSPS) is 11.8. The lowest BCUT2D eigenvalue weighted by molar-refractivity contribution is -0.173. The lowest BCUT2D eigenvalue weighted by Gasteiger charge is -2.15. The summed E-state index contributed by atoms with van der Waals surface area (Å²) in [6.45, 7) is 7.61. The topological polar surface area (TPSA) is 116 Å². The number of rotatable bonds is 11. The fraction of sp³-hybridized carbons (Fsp3) is 0.391. The second kappa shape index (κ2) is 12.3. The predicted octanol–water partition coefficient (Wildman–Crippen LogP) is 4.83. The second-order valence-corrected chi connectivity index (χ2v) is 11.2.